The maximum absolute atomic E-state index is 5.36. The number of benzene rings is 5. The quantitative estimate of drug-likeness (QED) is 0.238. The second-order valence-corrected chi connectivity index (χ2v) is 12.8. The summed E-state index contributed by atoms with van der Waals surface area (Å²) < 4.78 is 0. The molecule has 12 heteroatoms. The van der Waals surface area contributed by atoms with E-state index in [1.807, 2.05) is 121 Å². The van der Waals surface area contributed by atoms with Gasteiger partial charge in [-0.1, -0.05) is 121 Å². The van der Waals surface area contributed by atoms with Crippen LogP contribution in [0.15, 0.2) is 161 Å². The average molecular weight is 714 g/mol. The molecule has 0 N–H and O–H groups in total. The molecule has 11 nitrogen and oxygen atoms in total. The molecule has 4 aliphatic heterocycles. The van der Waals surface area contributed by atoms with Crippen LogP contribution >= 0.6 is 0 Å². The predicted molar refractivity (Wildman–Crippen MR) is 188 cm³/mol. The molecule has 244 valence electrons. The third-order valence-corrected chi connectivity index (χ3v) is 9.92. The standard InChI is InChI=1S/C40H20N11.Co/c1-3-13-23-21(11-1)31-41-33(23)46-39-30-20-10-8-18-28(30)38(51-39)44-32-22-12-2-4-14-24(22)34(42-32)47-40(29-19-9-7-17-27(29)37(43-31)50-40)49-36-26-16-6-5-15-25(26)35(45-36)48-39;/h1-20H;/q-3;+3. The van der Waals surface area contributed by atoms with Gasteiger partial charge in [0, 0.05) is 55.2 Å². The Morgan fingerprint density at radius 2 is 0.615 bits per heavy atom. The molecule has 3 aromatic heterocycles. The molecule has 5 aromatic carbocycles. The summed E-state index contributed by atoms with van der Waals surface area (Å²) in [6, 6.07) is 39.5. The van der Waals surface area contributed by atoms with E-state index in [4.69, 9.17) is 54.9 Å². The third-order valence-electron chi connectivity index (χ3n) is 9.92. The molecule has 12 rings (SSSR count). The fourth-order valence-corrected chi connectivity index (χ4v) is 7.62. The molecular weight excluding hydrogens is 693 g/mol. The van der Waals surface area contributed by atoms with Gasteiger partial charge in [-0.25, -0.2) is 0 Å². The first-order valence-electron chi connectivity index (χ1n) is 16.6. The molecule has 7 heterocycles. The van der Waals surface area contributed by atoms with Crippen molar-refractivity contribution >= 4 is 44.0 Å². The third kappa shape index (κ3) is 3.84. The minimum absolute atomic E-state index is 0. The van der Waals surface area contributed by atoms with E-state index in [2.05, 4.69) is 0 Å². The van der Waals surface area contributed by atoms with Crippen molar-refractivity contribution in [1.29, 1.82) is 0 Å². The summed E-state index contributed by atoms with van der Waals surface area (Å²) in [4.78, 5) is 57.5. The molecule has 0 radical (unpaired) electrons. The second-order valence-electron chi connectivity index (χ2n) is 12.8. The van der Waals surface area contributed by atoms with Crippen molar-refractivity contribution < 1.29 is 16.8 Å². The normalized spacial score (nSPS) is 22.9. The van der Waals surface area contributed by atoms with Crippen molar-refractivity contribution in [2.45, 2.75) is 11.6 Å². The van der Waals surface area contributed by atoms with E-state index >= 15 is 0 Å². The van der Waals surface area contributed by atoms with Crippen molar-refractivity contribution in [2.75, 3.05) is 0 Å². The van der Waals surface area contributed by atoms with Crippen molar-refractivity contribution in [3.05, 3.63) is 177 Å². The van der Waals surface area contributed by atoms with Crippen LogP contribution in [0.5, 0.6) is 0 Å². The summed E-state index contributed by atoms with van der Waals surface area (Å²) in [5.41, 5.74) is 5.77. The van der Waals surface area contributed by atoms with Crippen LogP contribution in [0.25, 0.3) is 32.3 Å². The Morgan fingerprint density at radius 1 is 0.327 bits per heavy atom. The zero-order valence-corrected chi connectivity index (χ0v) is 27.8. The zero-order valence-electron chi connectivity index (χ0n) is 26.8. The van der Waals surface area contributed by atoms with Crippen LogP contribution in [0.3, 0.4) is 0 Å². The molecule has 0 saturated heterocycles. The Hall–Kier alpha value is -6.63. The molecule has 0 saturated carbocycles. The minimum atomic E-state index is -1.53. The van der Waals surface area contributed by atoms with Gasteiger partial charge in [-0.2, -0.15) is 0 Å². The fourth-order valence-electron chi connectivity index (χ4n) is 7.62. The summed E-state index contributed by atoms with van der Waals surface area (Å²) in [6.07, 6.45) is 0. The molecule has 8 aromatic rings. The van der Waals surface area contributed by atoms with Gasteiger partial charge in [0.2, 0.25) is 0 Å². The smallest absolute Gasteiger partial charge is 0.358 e. The topological polar surface area (TPSA) is 141 Å². The Kier molecular flexibility index (Phi) is 5.72. The van der Waals surface area contributed by atoms with Crippen LogP contribution in [-0.4, -0.2) is 11.7 Å². The molecule has 2 spiro atoms. The zero-order chi connectivity index (χ0) is 33.3. The number of hydrogen-bond donors (Lipinski definition) is 0. The molecule has 0 fully saturated rings. The SMILES string of the molecule is [Co+3].c1ccc2c(c1)C1=NC23/N=c2\[n-]c(c4ccccc24)=NC2=NC(/N=c4\[n-]c(c5ccccc45)=N1)(/N=c1\[n-]/c(c4ccccc14)=N\3)c1ccccc12. The van der Waals surface area contributed by atoms with Gasteiger partial charge in [0.25, 0.3) is 0 Å². The van der Waals surface area contributed by atoms with E-state index in [0.29, 0.717) is 44.6 Å². The van der Waals surface area contributed by atoms with Crippen molar-refractivity contribution in [1.82, 2.24) is 15.0 Å². The molecule has 52 heavy (non-hydrogen) atoms. The molecule has 4 aliphatic rings. The molecule has 10 bridgehead atoms. The summed E-state index contributed by atoms with van der Waals surface area (Å²) in [6.45, 7) is 0. The van der Waals surface area contributed by atoms with Crippen LogP contribution in [0, 0.1) is 0 Å². The summed E-state index contributed by atoms with van der Waals surface area (Å²) in [7, 11) is 0. The van der Waals surface area contributed by atoms with Gasteiger partial charge in [-0.15, -0.1) is 0 Å². The number of amidine groups is 2. The van der Waals surface area contributed by atoms with Crippen molar-refractivity contribution in [3.8, 4) is 0 Å². The number of hydrogen-bond acceptors (Lipinski definition) is 8. The van der Waals surface area contributed by atoms with Crippen LogP contribution in [0.4, 0.5) is 0 Å². The van der Waals surface area contributed by atoms with Crippen molar-refractivity contribution in [3.63, 3.8) is 0 Å². The van der Waals surface area contributed by atoms with E-state index in [9.17, 15) is 0 Å². The number of aromatic nitrogens is 3. The maximum Gasteiger partial charge on any atom is 3.00 e. The van der Waals surface area contributed by atoms with Crippen molar-refractivity contribution in [2.24, 2.45) is 39.9 Å². The Balaban J connectivity index is 0.00000320. The molecule has 0 aliphatic carbocycles. The van der Waals surface area contributed by atoms with Gasteiger partial charge >= 0.3 is 16.8 Å². The number of nitrogens with zero attached hydrogens (tertiary/aromatic N) is 11. The number of rotatable bonds is 0. The van der Waals surface area contributed by atoms with Crippen LogP contribution < -0.4 is 47.9 Å². The molecular formula is C40H20CoN11. The Bertz CT molecular complexity index is 3130. The molecule has 2 atom stereocenters. The minimum Gasteiger partial charge on any atom is -0.358 e. The summed E-state index contributed by atoms with van der Waals surface area (Å²) in [5.74, 6) is -2.17. The van der Waals surface area contributed by atoms with E-state index in [0.717, 1.165) is 54.6 Å². The summed E-state index contributed by atoms with van der Waals surface area (Å²) >= 11 is 0. The largest absolute Gasteiger partial charge is 3.00 e. The van der Waals surface area contributed by atoms with Gasteiger partial charge in [-0.05, 0) is 32.3 Å². The van der Waals surface area contributed by atoms with Gasteiger partial charge < -0.3 is 44.9 Å². The molecule has 0 amide bonds. The predicted octanol–water partition coefficient (Wildman–Crippen LogP) is 2.30. The Morgan fingerprint density at radius 3 is 0.981 bits per heavy atom. The van der Waals surface area contributed by atoms with Gasteiger partial charge in [0.1, 0.15) is 0 Å². The van der Waals surface area contributed by atoms with Crippen LogP contribution in [0.1, 0.15) is 22.3 Å². The first kappa shape index (κ1) is 29.1. The van der Waals surface area contributed by atoms with Crippen LogP contribution in [0.2, 0.25) is 0 Å². The van der Waals surface area contributed by atoms with Gasteiger partial charge in [0.05, 0.1) is 11.7 Å². The fraction of sp³-hybridized carbons (Fsp3) is 0.0500. The van der Waals surface area contributed by atoms with E-state index in [-0.39, 0.29) is 16.8 Å². The summed E-state index contributed by atoms with van der Waals surface area (Å²) in [5, 5.41) is 4.86. The van der Waals surface area contributed by atoms with Gasteiger partial charge in [0.15, 0.2) is 11.6 Å². The number of aliphatic imine (C=N–C) groups is 2. The first-order chi connectivity index (χ1) is 25.1. The molecule has 2 unspecified atom stereocenters. The first-order valence-corrected chi connectivity index (χ1v) is 16.6. The maximum atomic E-state index is 5.36. The van der Waals surface area contributed by atoms with E-state index < -0.39 is 11.6 Å². The second kappa shape index (κ2) is 10.2. The monoisotopic (exact) mass is 713 g/mol. The van der Waals surface area contributed by atoms with Gasteiger partial charge in [-0.3, -0.25) is 9.98 Å². The van der Waals surface area contributed by atoms with Crippen LogP contribution in [-0.2, 0) is 28.4 Å². The van der Waals surface area contributed by atoms with E-state index in [1.165, 1.54) is 0 Å². The Labute approximate surface area is 302 Å². The average Bonchev–Trinajstić information content (AvgIpc) is 3.94. The van der Waals surface area contributed by atoms with E-state index in [1.54, 1.807) is 0 Å². The number of fused-ring (bicyclic) bond motifs is 15.